The number of anilines is 1. The molecule has 0 fully saturated rings. The van der Waals surface area contributed by atoms with Crippen molar-refractivity contribution in [1.82, 2.24) is 19.6 Å². The van der Waals surface area contributed by atoms with Gasteiger partial charge < -0.3 is 5.32 Å². The normalized spacial score (nSPS) is 10.7. The Morgan fingerprint density at radius 2 is 2.08 bits per heavy atom. The zero-order valence-electron chi connectivity index (χ0n) is 13.8. The molecular formula is C16H15FN6O3. The van der Waals surface area contributed by atoms with Crippen molar-refractivity contribution in [1.29, 1.82) is 0 Å². The SMILES string of the molecule is CCn1ncc([N+](=O)[O-])c1C(=O)Nc1cnn(Cc2ccccc2F)c1. The molecule has 3 aromatic rings. The summed E-state index contributed by atoms with van der Waals surface area (Å²) >= 11 is 0. The van der Waals surface area contributed by atoms with Crippen LogP contribution < -0.4 is 5.32 Å². The number of carbonyl (C=O) groups is 1. The maximum absolute atomic E-state index is 13.7. The van der Waals surface area contributed by atoms with Gasteiger partial charge in [0.1, 0.15) is 12.0 Å². The van der Waals surface area contributed by atoms with Crippen molar-refractivity contribution in [2.75, 3.05) is 5.32 Å². The first-order valence-electron chi connectivity index (χ1n) is 7.77. The summed E-state index contributed by atoms with van der Waals surface area (Å²) in [5.41, 5.74) is 0.278. The minimum atomic E-state index is -0.665. The fourth-order valence-corrected chi connectivity index (χ4v) is 2.49. The summed E-state index contributed by atoms with van der Waals surface area (Å²) in [5.74, 6) is -1.02. The van der Waals surface area contributed by atoms with E-state index in [1.54, 1.807) is 25.1 Å². The number of nitrogens with one attached hydrogen (secondary N) is 1. The van der Waals surface area contributed by atoms with Crippen molar-refractivity contribution >= 4 is 17.3 Å². The highest BCUT2D eigenvalue weighted by Crippen LogP contribution is 2.19. The minimum Gasteiger partial charge on any atom is -0.318 e. The molecule has 0 radical (unpaired) electrons. The molecule has 2 heterocycles. The summed E-state index contributed by atoms with van der Waals surface area (Å²) in [5, 5.41) is 21.5. The summed E-state index contributed by atoms with van der Waals surface area (Å²) < 4.78 is 16.4. The molecular weight excluding hydrogens is 343 g/mol. The van der Waals surface area contributed by atoms with Crippen LogP contribution in [0.3, 0.4) is 0 Å². The maximum atomic E-state index is 13.7. The Hall–Kier alpha value is -3.56. The maximum Gasteiger partial charge on any atom is 0.320 e. The number of aromatic nitrogens is 4. The second-order valence-corrected chi connectivity index (χ2v) is 5.42. The van der Waals surface area contributed by atoms with Crippen LogP contribution in [-0.4, -0.2) is 30.4 Å². The van der Waals surface area contributed by atoms with Crippen molar-refractivity contribution in [2.45, 2.75) is 20.0 Å². The van der Waals surface area contributed by atoms with Crippen LogP contribution in [0.5, 0.6) is 0 Å². The van der Waals surface area contributed by atoms with Gasteiger partial charge in [-0.2, -0.15) is 10.2 Å². The standard InChI is InChI=1S/C16H15FN6O3/c1-2-22-15(14(8-19-22)23(25)26)16(24)20-12-7-18-21(10-12)9-11-5-3-4-6-13(11)17/h3-8,10H,2,9H2,1H3,(H,20,24). The van der Waals surface area contributed by atoms with Gasteiger partial charge in [0.2, 0.25) is 5.69 Å². The highest BCUT2D eigenvalue weighted by molar-refractivity contribution is 6.05. The molecule has 0 aliphatic rings. The van der Waals surface area contributed by atoms with Gasteiger partial charge in [-0.05, 0) is 13.0 Å². The topological polar surface area (TPSA) is 108 Å². The summed E-state index contributed by atoms with van der Waals surface area (Å²) in [6.07, 6.45) is 3.94. The average molecular weight is 358 g/mol. The molecule has 0 spiro atoms. The van der Waals surface area contributed by atoms with E-state index < -0.39 is 10.8 Å². The molecule has 0 bridgehead atoms. The predicted molar refractivity (Wildman–Crippen MR) is 90.2 cm³/mol. The lowest BCUT2D eigenvalue weighted by Gasteiger charge is -2.05. The van der Waals surface area contributed by atoms with Gasteiger partial charge in [0, 0.05) is 18.3 Å². The Balaban J connectivity index is 1.77. The van der Waals surface area contributed by atoms with E-state index in [1.165, 1.54) is 27.8 Å². The molecule has 0 aliphatic carbocycles. The molecule has 1 N–H and O–H groups in total. The number of benzene rings is 1. The number of hydrogen-bond donors (Lipinski definition) is 1. The molecule has 0 saturated heterocycles. The summed E-state index contributed by atoms with van der Waals surface area (Å²) in [6.45, 7) is 2.22. The largest absolute Gasteiger partial charge is 0.320 e. The summed E-state index contributed by atoms with van der Waals surface area (Å²) in [6, 6.07) is 6.30. The lowest BCUT2D eigenvalue weighted by molar-refractivity contribution is -0.385. The Bertz CT molecular complexity index is 965. The monoisotopic (exact) mass is 358 g/mol. The molecule has 0 unspecified atom stereocenters. The van der Waals surface area contributed by atoms with Gasteiger partial charge in [-0.15, -0.1) is 0 Å². The van der Waals surface area contributed by atoms with Crippen LogP contribution in [0.25, 0.3) is 0 Å². The van der Waals surface area contributed by atoms with E-state index in [1.807, 2.05) is 0 Å². The second kappa shape index (κ2) is 7.13. The molecule has 26 heavy (non-hydrogen) atoms. The predicted octanol–water partition coefficient (Wildman–Crippen LogP) is 2.45. The lowest BCUT2D eigenvalue weighted by Crippen LogP contribution is -2.18. The van der Waals surface area contributed by atoms with Gasteiger partial charge in [-0.3, -0.25) is 24.3 Å². The highest BCUT2D eigenvalue weighted by atomic mass is 19.1. The van der Waals surface area contributed by atoms with Crippen LogP contribution in [0.15, 0.2) is 42.9 Å². The Labute approximate surface area is 147 Å². The van der Waals surface area contributed by atoms with Gasteiger partial charge >= 0.3 is 5.69 Å². The Kier molecular flexibility index (Phi) is 4.74. The molecule has 0 saturated carbocycles. The van der Waals surface area contributed by atoms with Crippen LogP contribution in [0, 0.1) is 15.9 Å². The number of aryl methyl sites for hydroxylation is 1. The number of carbonyl (C=O) groups excluding carboxylic acids is 1. The van der Waals surface area contributed by atoms with Crippen LogP contribution in [-0.2, 0) is 13.1 Å². The molecule has 10 heteroatoms. The van der Waals surface area contributed by atoms with Crippen LogP contribution in [0.4, 0.5) is 15.8 Å². The summed E-state index contributed by atoms with van der Waals surface area (Å²) in [4.78, 5) is 22.8. The third-order valence-corrected chi connectivity index (χ3v) is 3.71. The number of hydrogen-bond acceptors (Lipinski definition) is 5. The number of rotatable bonds is 6. The van der Waals surface area contributed by atoms with Crippen molar-refractivity contribution < 1.29 is 14.1 Å². The summed E-state index contributed by atoms with van der Waals surface area (Å²) in [7, 11) is 0. The zero-order chi connectivity index (χ0) is 18.7. The fourth-order valence-electron chi connectivity index (χ4n) is 2.49. The van der Waals surface area contributed by atoms with Crippen LogP contribution in [0.2, 0.25) is 0 Å². The van der Waals surface area contributed by atoms with Gasteiger partial charge in [-0.1, -0.05) is 18.2 Å². The smallest absolute Gasteiger partial charge is 0.318 e. The average Bonchev–Trinajstić information content (AvgIpc) is 3.23. The van der Waals surface area contributed by atoms with Crippen molar-refractivity contribution in [2.24, 2.45) is 0 Å². The molecule has 134 valence electrons. The van der Waals surface area contributed by atoms with Crippen molar-refractivity contribution in [3.05, 3.63) is 70.0 Å². The molecule has 3 rings (SSSR count). The molecule has 0 aliphatic heterocycles. The third kappa shape index (κ3) is 3.43. The van der Waals surface area contributed by atoms with E-state index in [0.717, 1.165) is 6.20 Å². The number of amides is 1. The Morgan fingerprint density at radius 1 is 1.31 bits per heavy atom. The molecule has 2 aromatic heterocycles. The van der Waals surface area contributed by atoms with Crippen LogP contribution in [0.1, 0.15) is 23.0 Å². The van der Waals surface area contributed by atoms with Gasteiger partial charge in [0.05, 0.1) is 23.4 Å². The van der Waals surface area contributed by atoms with E-state index in [0.29, 0.717) is 17.8 Å². The number of nitro groups is 1. The van der Waals surface area contributed by atoms with Gasteiger partial charge in [-0.25, -0.2) is 4.39 Å². The van der Waals surface area contributed by atoms with E-state index in [-0.39, 0.29) is 23.7 Å². The van der Waals surface area contributed by atoms with Crippen molar-refractivity contribution in [3.8, 4) is 0 Å². The first-order valence-corrected chi connectivity index (χ1v) is 7.77. The first-order chi connectivity index (χ1) is 12.5. The van der Waals surface area contributed by atoms with E-state index >= 15 is 0 Å². The highest BCUT2D eigenvalue weighted by Gasteiger charge is 2.26. The Morgan fingerprint density at radius 3 is 2.77 bits per heavy atom. The quantitative estimate of drug-likeness (QED) is 0.538. The molecule has 1 amide bonds. The van der Waals surface area contributed by atoms with Gasteiger partial charge in [0.25, 0.3) is 5.91 Å². The van der Waals surface area contributed by atoms with E-state index in [2.05, 4.69) is 15.5 Å². The first kappa shape index (κ1) is 17.3. The van der Waals surface area contributed by atoms with E-state index in [4.69, 9.17) is 0 Å². The zero-order valence-corrected chi connectivity index (χ0v) is 13.8. The molecule has 9 nitrogen and oxygen atoms in total. The molecule has 0 atom stereocenters. The van der Waals surface area contributed by atoms with E-state index in [9.17, 15) is 19.3 Å². The lowest BCUT2D eigenvalue weighted by atomic mass is 10.2. The second-order valence-electron chi connectivity index (χ2n) is 5.42. The third-order valence-electron chi connectivity index (χ3n) is 3.71. The minimum absolute atomic E-state index is 0.139. The van der Waals surface area contributed by atoms with Gasteiger partial charge in [0.15, 0.2) is 0 Å². The number of nitrogens with zero attached hydrogens (tertiary/aromatic N) is 5. The number of halogens is 1. The van der Waals surface area contributed by atoms with Crippen LogP contribution >= 0.6 is 0 Å². The van der Waals surface area contributed by atoms with Crippen molar-refractivity contribution in [3.63, 3.8) is 0 Å². The fraction of sp³-hybridized carbons (Fsp3) is 0.188. The molecule has 1 aromatic carbocycles.